The van der Waals surface area contributed by atoms with Gasteiger partial charge in [-0.3, -0.25) is 9.59 Å². The van der Waals surface area contributed by atoms with Gasteiger partial charge in [0, 0.05) is 0 Å². The van der Waals surface area contributed by atoms with Crippen LogP contribution in [-0.4, -0.2) is 27.8 Å². The van der Waals surface area contributed by atoms with Crippen LogP contribution in [0.25, 0.3) is 0 Å². The summed E-state index contributed by atoms with van der Waals surface area (Å²) in [7, 11) is 0. The summed E-state index contributed by atoms with van der Waals surface area (Å²) in [5.41, 5.74) is 4.31. The Kier molecular flexibility index (Phi) is 9.81. The summed E-state index contributed by atoms with van der Waals surface area (Å²) in [4.78, 5) is 24.7. The van der Waals surface area contributed by atoms with Crippen LogP contribution in [0.1, 0.15) is 75.6 Å². The van der Waals surface area contributed by atoms with E-state index in [1.54, 1.807) is 0 Å². The maximum absolute atomic E-state index is 12.4. The zero-order valence-corrected chi connectivity index (χ0v) is 20.7. The molecule has 0 saturated heterocycles. The number of benzene rings is 2. The third-order valence-corrected chi connectivity index (χ3v) is 5.94. The molecule has 0 bridgehead atoms. The van der Waals surface area contributed by atoms with Crippen LogP contribution in [0, 0.1) is 11.8 Å². The monoisotopic (exact) mass is 437 g/mol. The molecule has 0 heterocycles. The quantitative estimate of drug-likeness (QED) is 0.453. The molecule has 0 saturated carbocycles. The minimum Gasteiger partial charge on any atom is -0.589 e. The van der Waals surface area contributed by atoms with Gasteiger partial charge in [0.15, 0.2) is 0 Å². The molecular formula is C26H34AlO4. The fourth-order valence-electron chi connectivity index (χ4n) is 3.42. The Morgan fingerprint density at radius 3 is 1.26 bits per heavy atom. The highest BCUT2D eigenvalue weighted by Crippen LogP contribution is 2.20. The van der Waals surface area contributed by atoms with E-state index < -0.39 is 27.7 Å². The first-order valence-electron chi connectivity index (χ1n) is 11.1. The lowest BCUT2D eigenvalue weighted by molar-refractivity contribution is -0.140. The zero-order valence-electron chi connectivity index (χ0n) is 19.6. The molecule has 5 heteroatoms. The van der Waals surface area contributed by atoms with E-state index >= 15 is 0 Å². The normalized spacial score (nSPS) is 13.0. The lowest BCUT2D eigenvalue weighted by atomic mass is 9.97. The van der Waals surface area contributed by atoms with E-state index in [9.17, 15) is 9.59 Å². The first-order chi connectivity index (χ1) is 14.7. The Bertz CT molecular complexity index is 769. The molecule has 0 aliphatic carbocycles. The first-order valence-corrected chi connectivity index (χ1v) is 12.0. The molecule has 0 aliphatic heterocycles. The number of hydrogen-bond acceptors (Lipinski definition) is 4. The summed E-state index contributed by atoms with van der Waals surface area (Å²) in [6.07, 6.45) is 2.02. The van der Waals surface area contributed by atoms with Crippen molar-refractivity contribution in [3.63, 3.8) is 0 Å². The standard InChI is InChI=1S/2C13H18O2.Al/c2*1-9(2)8-11-4-6-12(7-5-11)10(3)13(14)15;/h2*4-7,9-10H,8H2,1-3H3,(H,14,15);/q;;+2/p-2. The van der Waals surface area contributed by atoms with Crippen molar-refractivity contribution in [2.24, 2.45) is 11.8 Å². The molecule has 0 amide bonds. The van der Waals surface area contributed by atoms with Crippen LogP contribution >= 0.6 is 0 Å². The zero-order chi connectivity index (χ0) is 23.0. The van der Waals surface area contributed by atoms with Crippen LogP contribution < -0.4 is 0 Å². The van der Waals surface area contributed by atoms with E-state index in [1.165, 1.54) is 11.1 Å². The summed E-state index contributed by atoms with van der Waals surface area (Å²) < 4.78 is 10.5. The topological polar surface area (TPSA) is 52.6 Å². The van der Waals surface area contributed by atoms with Crippen LogP contribution in [0.2, 0.25) is 0 Å². The van der Waals surface area contributed by atoms with E-state index in [2.05, 4.69) is 52.0 Å². The predicted octanol–water partition coefficient (Wildman–Crippen LogP) is 5.61. The van der Waals surface area contributed by atoms with Crippen molar-refractivity contribution in [2.45, 2.75) is 66.2 Å². The van der Waals surface area contributed by atoms with Crippen molar-refractivity contribution < 1.29 is 17.2 Å². The van der Waals surface area contributed by atoms with Gasteiger partial charge in [-0.15, -0.1) is 0 Å². The Hall–Kier alpha value is -2.09. The summed E-state index contributed by atoms with van der Waals surface area (Å²) in [6, 6.07) is 16.1. The Balaban J connectivity index is 1.81. The number of carbonyl (C=O) groups is 2. The fraction of sp³-hybridized carbons (Fsp3) is 0.462. The van der Waals surface area contributed by atoms with Crippen LogP contribution in [0.4, 0.5) is 0 Å². The molecule has 0 N–H and O–H groups in total. The minimum atomic E-state index is -1.18. The predicted molar refractivity (Wildman–Crippen MR) is 125 cm³/mol. The average Bonchev–Trinajstić information content (AvgIpc) is 2.72. The molecule has 1 radical (unpaired) electrons. The second kappa shape index (κ2) is 12.1. The second-order valence-electron chi connectivity index (χ2n) is 9.09. The molecule has 2 rings (SSSR count). The van der Waals surface area contributed by atoms with Gasteiger partial charge in [-0.25, -0.2) is 0 Å². The highest BCUT2D eigenvalue weighted by atomic mass is 27.2. The molecule has 0 aliphatic rings. The van der Waals surface area contributed by atoms with Gasteiger partial charge in [0.2, 0.25) is 0 Å². The van der Waals surface area contributed by atoms with Crippen LogP contribution in [0.3, 0.4) is 0 Å². The van der Waals surface area contributed by atoms with Crippen LogP contribution in [0.15, 0.2) is 48.5 Å². The minimum absolute atomic E-state index is 0.370. The molecule has 0 spiro atoms. The van der Waals surface area contributed by atoms with Gasteiger partial charge in [0.05, 0.1) is 11.8 Å². The Morgan fingerprint density at radius 2 is 0.968 bits per heavy atom. The molecular weight excluding hydrogens is 403 g/mol. The highest BCUT2D eigenvalue weighted by molar-refractivity contribution is 6.26. The van der Waals surface area contributed by atoms with Gasteiger partial charge < -0.3 is 7.58 Å². The number of hydrogen-bond donors (Lipinski definition) is 0. The molecule has 2 atom stereocenters. The van der Waals surface area contributed by atoms with Crippen LogP contribution in [-0.2, 0) is 30.0 Å². The van der Waals surface area contributed by atoms with E-state index in [-0.39, 0.29) is 11.9 Å². The van der Waals surface area contributed by atoms with Gasteiger partial charge in [-0.2, -0.15) is 0 Å². The first kappa shape index (κ1) is 25.2. The van der Waals surface area contributed by atoms with Crippen molar-refractivity contribution in [3.05, 3.63) is 70.8 Å². The summed E-state index contributed by atoms with van der Waals surface area (Å²) in [5, 5.41) is 0. The van der Waals surface area contributed by atoms with Gasteiger partial charge in [-0.1, -0.05) is 76.2 Å². The van der Waals surface area contributed by atoms with E-state index in [4.69, 9.17) is 7.58 Å². The van der Waals surface area contributed by atoms with Gasteiger partial charge in [-0.05, 0) is 60.8 Å². The highest BCUT2D eigenvalue weighted by Gasteiger charge is 2.23. The summed E-state index contributed by atoms with van der Waals surface area (Å²) in [5.74, 6) is -0.357. The molecule has 2 aromatic carbocycles. The van der Waals surface area contributed by atoms with E-state index in [0.717, 1.165) is 24.0 Å². The van der Waals surface area contributed by atoms with Gasteiger partial charge in [0.25, 0.3) is 11.9 Å². The van der Waals surface area contributed by atoms with E-state index in [0.29, 0.717) is 11.8 Å². The smallest absolute Gasteiger partial charge is 0.589 e. The van der Waals surface area contributed by atoms with Crippen molar-refractivity contribution in [2.75, 3.05) is 0 Å². The maximum atomic E-state index is 12.4. The molecule has 0 fully saturated rings. The summed E-state index contributed by atoms with van der Waals surface area (Å²) in [6.45, 7) is 12.3. The van der Waals surface area contributed by atoms with Crippen molar-refractivity contribution in [3.8, 4) is 0 Å². The molecule has 2 unspecified atom stereocenters. The Morgan fingerprint density at radius 1 is 0.645 bits per heavy atom. The fourth-order valence-corrected chi connectivity index (χ4v) is 4.07. The average molecular weight is 438 g/mol. The van der Waals surface area contributed by atoms with E-state index in [1.807, 2.05) is 38.1 Å². The van der Waals surface area contributed by atoms with Crippen molar-refractivity contribution in [1.29, 1.82) is 0 Å². The maximum Gasteiger partial charge on any atom is 0.885 e. The molecule has 4 nitrogen and oxygen atoms in total. The van der Waals surface area contributed by atoms with Gasteiger partial charge >= 0.3 is 15.9 Å². The third kappa shape index (κ3) is 8.16. The van der Waals surface area contributed by atoms with Crippen molar-refractivity contribution >= 4 is 27.8 Å². The molecule has 165 valence electrons. The SMILES string of the molecule is CC(C)Cc1ccc(C(C)C(=O)[O][Al][O]C(=O)C(C)c2ccc(CC(C)C)cc2)cc1. The largest absolute Gasteiger partial charge is 0.885 e. The van der Waals surface area contributed by atoms with Crippen LogP contribution in [0.5, 0.6) is 0 Å². The molecule has 31 heavy (non-hydrogen) atoms. The van der Waals surface area contributed by atoms with Gasteiger partial charge in [0.1, 0.15) is 0 Å². The lowest BCUT2D eigenvalue weighted by Crippen LogP contribution is -2.22. The number of carbonyl (C=O) groups excluding carboxylic acids is 2. The molecule has 2 aromatic rings. The lowest BCUT2D eigenvalue weighted by Gasteiger charge is -2.15. The van der Waals surface area contributed by atoms with Crippen molar-refractivity contribution in [1.82, 2.24) is 0 Å². The third-order valence-electron chi connectivity index (χ3n) is 5.28. The summed E-state index contributed by atoms with van der Waals surface area (Å²) >= 11 is -1.18. The molecule has 0 aromatic heterocycles. The number of rotatable bonds is 10. The second-order valence-corrected chi connectivity index (χ2v) is 9.76. The Labute approximate surface area is 193 Å².